The number of methoxy groups -OCH3 is 1. The van der Waals surface area contributed by atoms with Gasteiger partial charge in [0.15, 0.2) is 0 Å². The van der Waals surface area contributed by atoms with E-state index in [0.717, 1.165) is 35.1 Å². The van der Waals surface area contributed by atoms with Crippen molar-refractivity contribution < 1.29 is 14.3 Å². The second-order valence-corrected chi connectivity index (χ2v) is 7.25. The van der Waals surface area contributed by atoms with Crippen LogP contribution in [-0.4, -0.2) is 29.5 Å². The van der Waals surface area contributed by atoms with Crippen LogP contribution in [-0.2, 0) is 11.3 Å². The molecule has 0 unspecified atom stereocenters. The molecule has 0 aliphatic carbocycles. The van der Waals surface area contributed by atoms with E-state index in [9.17, 15) is 4.79 Å². The molecule has 148 valence electrons. The molecule has 2 aromatic carbocycles. The molecule has 0 bridgehead atoms. The molecule has 0 aliphatic rings. The minimum absolute atomic E-state index is 0.369. The van der Waals surface area contributed by atoms with Crippen molar-refractivity contribution in [3.8, 4) is 5.75 Å². The SMILES string of the molecule is CCC(CC)COc1ccc(Cl)cc1Cn1ncc2ccc(C(=O)OC)cc21. The van der Waals surface area contributed by atoms with Gasteiger partial charge in [-0.25, -0.2) is 4.79 Å². The number of nitrogens with zero attached hydrogens (tertiary/aromatic N) is 2. The monoisotopic (exact) mass is 400 g/mol. The third-order valence-corrected chi connectivity index (χ3v) is 5.27. The number of fused-ring (bicyclic) bond motifs is 1. The van der Waals surface area contributed by atoms with Crippen LogP contribution >= 0.6 is 11.6 Å². The lowest BCUT2D eigenvalue weighted by atomic mass is 10.1. The Labute approximate surface area is 170 Å². The summed E-state index contributed by atoms with van der Waals surface area (Å²) in [5.41, 5.74) is 2.30. The number of benzene rings is 2. The Morgan fingerprint density at radius 2 is 1.96 bits per heavy atom. The number of carbonyl (C=O) groups excluding carboxylic acids is 1. The average molecular weight is 401 g/mol. The third-order valence-electron chi connectivity index (χ3n) is 5.04. The number of aromatic nitrogens is 2. The molecule has 3 rings (SSSR count). The predicted octanol–water partition coefficient (Wildman–Crippen LogP) is 5.34. The van der Waals surface area contributed by atoms with Crippen LogP contribution < -0.4 is 4.74 Å². The molecular formula is C22H25ClN2O3. The molecule has 0 radical (unpaired) electrons. The van der Waals surface area contributed by atoms with E-state index in [-0.39, 0.29) is 5.97 Å². The number of carbonyl (C=O) groups is 1. The lowest BCUT2D eigenvalue weighted by Crippen LogP contribution is -2.12. The van der Waals surface area contributed by atoms with Crippen LogP contribution in [0.25, 0.3) is 10.9 Å². The molecule has 0 aliphatic heterocycles. The zero-order valence-electron chi connectivity index (χ0n) is 16.4. The first-order valence-electron chi connectivity index (χ1n) is 9.50. The first-order chi connectivity index (χ1) is 13.5. The van der Waals surface area contributed by atoms with Crippen LogP contribution in [0.15, 0.2) is 42.6 Å². The first-order valence-corrected chi connectivity index (χ1v) is 9.88. The molecule has 0 amide bonds. The largest absolute Gasteiger partial charge is 0.493 e. The molecule has 1 heterocycles. The van der Waals surface area contributed by atoms with Crippen LogP contribution in [0.1, 0.15) is 42.6 Å². The molecule has 0 atom stereocenters. The van der Waals surface area contributed by atoms with Crippen molar-refractivity contribution in [1.82, 2.24) is 9.78 Å². The number of esters is 1. The third kappa shape index (κ3) is 4.47. The zero-order valence-corrected chi connectivity index (χ0v) is 17.2. The summed E-state index contributed by atoms with van der Waals surface area (Å²) in [6, 6.07) is 11.1. The van der Waals surface area contributed by atoms with Gasteiger partial charge in [0.2, 0.25) is 0 Å². The molecule has 0 spiro atoms. The van der Waals surface area contributed by atoms with E-state index in [1.165, 1.54) is 7.11 Å². The number of halogens is 1. The summed E-state index contributed by atoms with van der Waals surface area (Å²) in [7, 11) is 1.37. The van der Waals surface area contributed by atoms with Gasteiger partial charge >= 0.3 is 5.97 Å². The fraction of sp³-hybridized carbons (Fsp3) is 0.364. The minimum atomic E-state index is -0.369. The molecular weight excluding hydrogens is 376 g/mol. The lowest BCUT2D eigenvalue weighted by molar-refractivity contribution is 0.0601. The van der Waals surface area contributed by atoms with Crippen LogP contribution in [0, 0.1) is 5.92 Å². The fourth-order valence-corrected chi connectivity index (χ4v) is 3.34. The van der Waals surface area contributed by atoms with E-state index in [4.69, 9.17) is 21.1 Å². The Bertz CT molecular complexity index is 964. The maximum absolute atomic E-state index is 11.9. The van der Waals surface area contributed by atoms with Crippen LogP contribution in [0.5, 0.6) is 5.75 Å². The van der Waals surface area contributed by atoms with Crippen LogP contribution in [0.2, 0.25) is 5.02 Å². The standard InChI is InChI=1S/C22H25ClN2O3/c1-4-15(5-2)14-28-21-9-8-19(23)10-18(21)13-25-20-11-16(22(26)27-3)6-7-17(20)12-24-25/h6-12,15H,4-5,13-14H2,1-3H3. The minimum Gasteiger partial charge on any atom is -0.493 e. The van der Waals surface area contributed by atoms with Gasteiger partial charge in [-0.3, -0.25) is 4.68 Å². The summed E-state index contributed by atoms with van der Waals surface area (Å²) in [5.74, 6) is 0.965. The smallest absolute Gasteiger partial charge is 0.337 e. The number of hydrogen-bond donors (Lipinski definition) is 0. The van der Waals surface area contributed by atoms with Crippen molar-refractivity contribution in [2.75, 3.05) is 13.7 Å². The summed E-state index contributed by atoms with van der Waals surface area (Å²) < 4.78 is 12.8. The van der Waals surface area contributed by atoms with Gasteiger partial charge in [-0.1, -0.05) is 44.4 Å². The highest BCUT2D eigenvalue weighted by Gasteiger charge is 2.13. The molecule has 28 heavy (non-hydrogen) atoms. The van der Waals surface area contributed by atoms with Gasteiger partial charge in [0.05, 0.1) is 37.5 Å². The van der Waals surface area contributed by atoms with Gasteiger partial charge in [-0.15, -0.1) is 0 Å². The predicted molar refractivity (Wildman–Crippen MR) is 111 cm³/mol. The molecule has 1 aromatic heterocycles. The van der Waals surface area contributed by atoms with Gasteiger partial charge in [0, 0.05) is 16.0 Å². The second-order valence-electron chi connectivity index (χ2n) is 6.81. The maximum Gasteiger partial charge on any atom is 0.337 e. The van der Waals surface area contributed by atoms with Crippen LogP contribution in [0.4, 0.5) is 0 Å². The van der Waals surface area contributed by atoms with E-state index in [1.54, 1.807) is 18.3 Å². The van der Waals surface area contributed by atoms with Gasteiger partial charge in [0.1, 0.15) is 5.75 Å². The molecule has 3 aromatic rings. The first kappa shape index (κ1) is 20.2. The lowest BCUT2D eigenvalue weighted by Gasteiger charge is -2.17. The van der Waals surface area contributed by atoms with E-state index < -0.39 is 0 Å². The molecule has 0 fully saturated rings. The summed E-state index contributed by atoms with van der Waals surface area (Å²) in [6.45, 7) is 5.52. The van der Waals surface area contributed by atoms with Crippen molar-refractivity contribution in [2.45, 2.75) is 33.2 Å². The number of rotatable bonds is 8. The topological polar surface area (TPSA) is 53.4 Å². The molecule has 0 saturated carbocycles. The van der Waals surface area contributed by atoms with Gasteiger partial charge < -0.3 is 9.47 Å². The second kappa shape index (κ2) is 9.11. The fourth-order valence-electron chi connectivity index (χ4n) is 3.15. The summed E-state index contributed by atoms with van der Waals surface area (Å²) >= 11 is 6.23. The van der Waals surface area contributed by atoms with Crippen molar-refractivity contribution in [2.24, 2.45) is 5.92 Å². The Hall–Kier alpha value is -2.53. The Kier molecular flexibility index (Phi) is 6.57. The van der Waals surface area contributed by atoms with Crippen molar-refractivity contribution in [1.29, 1.82) is 0 Å². The Balaban J connectivity index is 1.90. The number of hydrogen-bond acceptors (Lipinski definition) is 4. The van der Waals surface area contributed by atoms with Crippen LogP contribution in [0.3, 0.4) is 0 Å². The highest BCUT2D eigenvalue weighted by atomic mass is 35.5. The quantitative estimate of drug-likeness (QED) is 0.479. The van der Waals surface area contributed by atoms with E-state index in [2.05, 4.69) is 18.9 Å². The maximum atomic E-state index is 11.9. The summed E-state index contributed by atoms with van der Waals surface area (Å²) in [4.78, 5) is 11.9. The van der Waals surface area contributed by atoms with Gasteiger partial charge in [0.25, 0.3) is 0 Å². The van der Waals surface area contributed by atoms with Crippen molar-refractivity contribution in [3.63, 3.8) is 0 Å². The normalized spacial score (nSPS) is 11.2. The van der Waals surface area contributed by atoms with Gasteiger partial charge in [-0.2, -0.15) is 5.10 Å². The van der Waals surface area contributed by atoms with Gasteiger partial charge in [-0.05, 0) is 36.2 Å². The van der Waals surface area contributed by atoms with E-state index >= 15 is 0 Å². The van der Waals surface area contributed by atoms with E-state index in [0.29, 0.717) is 29.7 Å². The highest BCUT2D eigenvalue weighted by Crippen LogP contribution is 2.26. The van der Waals surface area contributed by atoms with E-state index in [1.807, 2.05) is 28.9 Å². The van der Waals surface area contributed by atoms with Crippen molar-refractivity contribution >= 4 is 28.5 Å². The molecule has 0 N–H and O–H groups in total. The Morgan fingerprint density at radius 3 is 2.68 bits per heavy atom. The molecule has 5 nitrogen and oxygen atoms in total. The summed E-state index contributed by atoms with van der Waals surface area (Å²) in [6.07, 6.45) is 3.95. The highest BCUT2D eigenvalue weighted by molar-refractivity contribution is 6.30. The Morgan fingerprint density at radius 1 is 1.18 bits per heavy atom. The molecule has 6 heteroatoms. The molecule has 0 saturated heterocycles. The number of ether oxygens (including phenoxy) is 2. The van der Waals surface area contributed by atoms with Crippen molar-refractivity contribution in [3.05, 3.63) is 58.7 Å². The average Bonchev–Trinajstić information content (AvgIpc) is 3.11. The summed E-state index contributed by atoms with van der Waals surface area (Å²) in [5, 5.41) is 6.08. The zero-order chi connectivity index (χ0) is 20.1.